The summed E-state index contributed by atoms with van der Waals surface area (Å²) in [5.41, 5.74) is 11.7. The van der Waals surface area contributed by atoms with E-state index in [4.69, 9.17) is 11.5 Å². The van der Waals surface area contributed by atoms with Crippen molar-refractivity contribution < 1.29 is 4.39 Å². The number of benzene rings is 1. The van der Waals surface area contributed by atoms with E-state index in [-0.39, 0.29) is 11.9 Å². The third kappa shape index (κ3) is 2.77. The maximum absolute atomic E-state index is 13.5. The Morgan fingerprint density at radius 3 is 2.79 bits per heavy atom. The largest absolute Gasteiger partial charge is 0.330 e. The summed E-state index contributed by atoms with van der Waals surface area (Å²) in [5.74, 6) is -0.267. The lowest BCUT2D eigenvalue weighted by Crippen LogP contribution is -2.14. The minimum absolute atomic E-state index is 0.267. The molecule has 1 rings (SSSR count). The van der Waals surface area contributed by atoms with Crippen LogP contribution in [0.1, 0.15) is 24.4 Å². The van der Waals surface area contributed by atoms with E-state index in [1.165, 1.54) is 0 Å². The summed E-state index contributed by atoms with van der Waals surface area (Å²) in [6.07, 6.45) is 1.52. The quantitative estimate of drug-likeness (QED) is 0.873. The van der Waals surface area contributed by atoms with Crippen LogP contribution in [0.4, 0.5) is 4.39 Å². The van der Waals surface area contributed by atoms with E-state index < -0.39 is 0 Å². The van der Waals surface area contributed by atoms with E-state index in [0.717, 1.165) is 6.42 Å². The molecule has 0 unspecified atom stereocenters. The summed E-state index contributed by atoms with van der Waals surface area (Å²) in [6, 6.07) is 4.89. The van der Waals surface area contributed by atoms with Crippen LogP contribution < -0.4 is 11.5 Å². The van der Waals surface area contributed by atoms with Gasteiger partial charge in [0.15, 0.2) is 0 Å². The summed E-state index contributed by atoms with van der Waals surface area (Å²) in [5, 5.41) is 0. The maximum Gasteiger partial charge on any atom is 0.142 e. The van der Waals surface area contributed by atoms with Gasteiger partial charge in [-0.25, -0.2) is 4.39 Å². The van der Waals surface area contributed by atoms with Gasteiger partial charge in [0.2, 0.25) is 0 Å². The third-order valence-corrected chi connectivity index (χ3v) is 2.71. The van der Waals surface area contributed by atoms with Crippen molar-refractivity contribution in [3.05, 3.63) is 34.1 Å². The molecule has 0 aromatic heterocycles. The first-order chi connectivity index (χ1) is 6.66. The summed E-state index contributed by atoms with van der Waals surface area (Å²) in [7, 11) is 0. The molecule has 0 heterocycles. The lowest BCUT2D eigenvalue weighted by Gasteiger charge is -2.12. The molecule has 2 nitrogen and oxygen atoms in total. The van der Waals surface area contributed by atoms with Crippen LogP contribution in [0.2, 0.25) is 0 Å². The molecule has 0 amide bonds. The highest BCUT2D eigenvalue weighted by molar-refractivity contribution is 9.10. The van der Waals surface area contributed by atoms with E-state index in [1.54, 1.807) is 18.2 Å². The van der Waals surface area contributed by atoms with Crippen molar-refractivity contribution in [1.29, 1.82) is 0 Å². The van der Waals surface area contributed by atoms with Crippen molar-refractivity contribution in [1.82, 2.24) is 0 Å². The van der Waals surface area contributed by atoms with E-state index in [9.17, 15) is 4.39 Å². The van der Waals surface area contributed by atoms with Gasteiger partial charge < -0.3 is 11.5 Å². The van der Waals surface area contributed by atoms with Gasteiger partial charge in [-0.2, -0.15) is 0 Å². The second-order valence-corrected chi connectivity index (χ2v) is 4.03. The molecule has 1 aromatic rings. The van der Waals surface area contributed by atoms with Crippen LogP contribution >= 0.6 is 15.9 Å². The molecule has 0 saturated heterocycles. The van der Waals surface area contributed by atoms with Gasteiger partial charge in [-0.05, 0) is 41.4 Å². The van der Waals surface area contributed by atoms with E-state index in [0.29, 0.717) is 23.0 Å². The van der Waals surface area contributed by atoms with Crippen LogP contribution in [-0.4, -0.2) is 6.54 Å². The number of hydrogen-bond donors (Lipinski definition) is 2. The van der Waals surface area contributed by atoms with Crippen LogP contribution in [0.5, 0.6) is 0 Å². The molecule has 0 fully saturated rings. The summed E-state index contributed by atoms with van der Waals surface area (Å²) in [6.45, 7) is 0.587. The Labute approximate surface area is 91.6 Å². The molecule has 1 atom stereocenters. The molecule has 78 valence electrons. The average molecular weight is 261 g/mol. The standard InChI is InChI=1S/C10H14BrFN2/c11-8-4-1-3-7(10(8)12)9(14)5-2-6-13/h1,3-4,9H,2,5-6,13-14H2/t9-/m1/s1. The molecule has 0 bridgehead atoms. The van der Waals surface area contributed by atoms with Crippen molar-refractivity contribution in [3.8, 4) is 0 Å². The van der Waals surface area contributed by atoms with E-state index >= 15 is 0 Å². The number of hydrogen-bond acceptors (Lipinski definition) is 2. The van der Waals surface area contributed by atoms with Crippen molar-refractivity contribution in [2.45, 2.75) is 18.9 Å². The smallest absolute Gasteiger partial charge is 0.142 e. The highest BCUT2D eigenvalue weighted by atomic mass is 79.9. The number of halogens is 2. The minimum atomic E-state index is -0.268. The Bertz CT molecular complexity index is 304. The van der Waals surface area contributed by atoms with Crippen molar-refractivity contribution in [2.75, 3.05) is 6.54 Å². The Morgan fingerprint density at radius 1 is 1.43 bits per heavy atom. The fourth-order valence-electron chi connectivity index (χ4n) is 1.30. The highest BCUT2D eigenvalue weighted by Crippen LogP contribution is 2.24. The van der Waals surface area contributed by atoms with Gasteiger partial charge in [0.05, 0.1) is 4.47 Å². The summed E-state index contributed by atoms with van der Waals surface area (Å²) in [4.78, 5) is 0. The molecule has 4 heteroatoms. The monoisotopic (exact) mass is 260 g/mol. The zero-order valence-corrected chi connectivity index (χ0v) is 9.43. The van der Waals surface area contributed by atoms with Gasteiger partial charge in [0.25, 0.3) is 0 Å². The van der Waals surface area contributed by atoms with Crippen LogP contribution in [-0.2, 0) is 0 Å². The van der Waals surface area contributed by atoms with Crippen LogP contribution in [0.25, 0.3) is 0 Å². The maximum atomic E-state index is 13.5. The third-order valence-electron chi connectivity index (χ3n) is 2.10. The Kier molecular flexibility index (Phi) is 4.51. The number of nitrogens with two attached hydrogens (primary N) is 2. The van der Waals surface area contributed by atoms with Gasteiger partial charge in [0, 0.05) is 11.6 Å². The average Bonchev–Trinajstić information content (AvgIpc) is 2.18. The Hall–Kier alpha value is -0.450. The van der Waals surface area contributed by atoms with Gasteiger partial charge in [-0.3, -0.25) is 0 Å². The van der Waals surface area contributed by atoms with Gasteiger partial charge >= 0.3 is 0 Å². The Morgan fingerprint density at radius 2 is 2.14 bits per heavy atom. The fraction of sp³-hybridized carbons (Fsp3) is 0.400. The van der Waals surface area contributed by atoms with E-state index in [1.807, 2.05) is 0 Å². The zero-order chi connectivity index (χ0) is 10.6. The summed E-state index contributed by atoms with van der Waals surface area (Å²) >= 11 is 3.13. The summed E-state index contributed by atoms with van der Waals surface area (Å²) < 4.78 is 14.0. The molecule has 14 heavy (non-hydrogen) atoms. The van der Waals surface area contributed by atoms with Crippen LogP contribution in [0, 0.1) is 5.82 Å². The molecule has 1 aromatic carbocycles. The first-order valence-electron chi connectivity index (χ1n) is 4.56. The van der Waals surface area contributed by atoms with Gasteiger partial charge in [-0.15, -0.1) is 0 Å². The number of rotatable bonds is 4. The van der Waals surface area contributed by atoms with Gasteiger partial charge in [-0.1, -0.05) is 12.1 Å². The highest BCUT2D eigenvalue weighted by Gasteiger charge is 2.12. The predicted molar refractivity (Wildman–Crippen MR) is 59.3 cm³/mol. The second-order valence-electron chi connectivity index (χ2n) is 3.18. The molecule has 0 radical (unpaired) electrons. The molecule has 0 aliphatic heterocycles. The topological polar surface area (TPSA) is 52.0 Å². The van der Waals surface area contributed by atoms with Crippen molar-refractivity contribution >= 4 is 15.9 Å². The molecular weight excluding hydrogens is 247 g/mol. The molecule has 0 spiro atoms. The van der Waals surface area contributed by atoms with E-state index in [2.05, 4.69) is 15.9 Å². The minimum Gasteiger partial charge on any atom is -0.330 e. The fourth-order valence-corrected chi connectivity index (χ4v) is 1.68. The SMILES string of the molecule is NCCC[C@@H](N)c1cccc(Br)c1F. The second kappa shape index (κ2) is 5.44. The lowest BCUT2D eigenvalue weighted by atomic mass is 10.0. The van der Waals surface area contributed by atoms with Gasteiger partial charge in [0.1, 0.15) is 5.82 Å². The molecule has 4 N–H and O–H groups in total. The van der Waals surface area contributed by atoms with Crippen molar-refractivity contribution in [3.63, 3.8) is 0 Å². The molecule has 0 aliphatic carbocycles. The predicted octanol–water partition coefficient (Wildman–Crippen LogP) is 2.33. The van der Waals surface area contributed by atoms with Crippen LogP contribution in [0.3, 0.4) is 0 Å². The molecule has 0 saturated carbocycles. The van der Waals surface area contributed by atoms with Crippen molar-refractivity contribution in [2.24, 2.45) is 11.5 Å². The normalized spacial score (nSPS) is 12.9. The molecular formula is C10H14BrFN2. The molecule has 0 aliphatic rings. The first-order valence-corrected chi connectivity index (χ1v) is 5.35. The zero-order valence-electron chi connectivity index (χ0n) is 7.84. The first kappa shape index (κ1) is 11.6. The Balaban J connectivity index is 2.79. The lowest BCUT2D eigenvalue weighted by molar-refractivity contribution is 0.549. The van der Waals surface area contributed by atoms with Crippen LogP contribution in [0.15, 0.2) is 22.7 Å².